The first kappa shape index (κ1) is 21.7. The number of amides is 1. The van der Waals surface area contributed by atoms with E-state index in [2.05, 4.69) is 29.4 Å². The molecule has 1 heterocycles. The third-order valence-corrected chi connectivity index (χ3v) is 6.16. The highest BCUT2D eigenvalue weighted by Gasteiger charge is 2.13. The molecule has 2 aromatic carbocycles. The summed E-state index contributed by atoms with van der Waals surface area (Å²) in [4.78, 5) is 29.0. The Hall–Kier alpha value is -2.99. The first-order valence-electron chi connectivity index (χ1n) is 9.97. The molecule has 3 aromatic rings. The molecule has 0 saturated heterocycles. The SMILES string of the molecule is CCc1ccc([C@H](C)NC(=O)COc2ccc(-c3nc(C)c(C(C)=O)s3)cc2)cc1. The van der Waals surface area contributed by atoms with E-state index in [1.165, 1.54) is 16.9 Å². The summed E-state index contributed by atoms with van der Waals surface area (Å²) >= 11 is 1.39. The molecule has 0 aliphatic carbocycles. The van der Waals surface area contributed by atoms with Crippen molar-refractivity contribution in [1.29, 1.82) is 0 Å². The normalized spacial score (nSPS) is 11.7. The third kappa shape index (κ3) is 5.33. The van der Waals surface area contributed by atoms with Gasteiger partial charge < -0.3 is 10.1 Å². The van der Waals surface area contributed by atoms with Gasteiger partial charge in [-0.15, -0.1) is 11.3 Å². The molecule has 1 N–H and O–H groups in total. The van der Waals surface area contributed by atoms with Crippen LogP contribution in [0.2, 0.25) is 0 Å². The highest BCUT2D eigenvalue weighted by Crippen LogP contribution is 2.29. The zero-order valence-corrected chi connectivity index (χ0v) is 18.5. The van der Waals surface area contributed by atoms with Crippen molar-refractivity contribution < 1.29 is 14.3 Å². The number of aromatic nitrogens is 1. The molecular weight excluding hydrogens is 396 g/mol. The Morgan fingerprint density at radius 3 is 2.33 bits per heavy atom. The largest absolute Gasteiger partial charge is 0.484 e. The van der Waals surface area contributed by atoms with Gasteiger partial charge in [0.1, 0.15) is 10.8 Å². The molecule has 0 fully saturated rings. The van der Waals surface area contributed by atoms with Crippen molar-refractivity contribution in [3.05, 3.63) is 70.2 Å². The molecule has 0 saturated carbocycles. The molecule has 156 valence electrons. The average molecular weight is 423 g/mol. The number of benzene rings is 2. The van der Waals surface area contributed by atoms with Crippen molar-refractivity contribution in [3.63, 3.8) is 0 Å². The lowest BCUT2D eigenvalue weighted by Gasteiger charge is -2.15. The van der Waals surface area contributed by atoms with Crippen molar-refractivity contribution in [3.8, 4) is 16.3 Å². The monoisotopic (exact) mass is 422 g/mol. The molecule has 0 bridgehead atoms. The molecule has 0 radical (unpaired) electrons. The van der Waals surface area contributed by atoms with Crippen LogP contribution < -0.4 is 10.1 Å². The van der Waals surface area contributed by atoms with E-state index in [0.29, 0.717) is 10.6 Å². The number of hydrogen-bond donors (Lipinski definition) is 1. The van der Waals surface area contributed by atoms with Crippen molar-refractivity contribution in [2.75, 3.05) is 6.61 Å². The fourth-order valence-corrected chi connectivity index (χ4v) is 4.06. The van der Waals surface area contributed by atoms with Crippen LogP contribution in [0.1, 0.15) is 53.3 Å². The summed E-state index contributed by atoms with van der Waals surface area (Å²) in [5.41, 5.74) is 4.00. The molecule has 3 rings (SSSR count). The summed E-state index contributed by atoms with van der Waals surface area (Å²) in [6, 6.07) is 15.5. The van der Waals surface area contributed by atoms with Crippen molar-refractivity contribution >= 4 is 23.0 Å². The number of ether oxygens (including phenoxy) is 1. The first-order chi connectivity index (χ1) is 14.4. The number of hydrogen-bond acceptors (Lipinski definition) is 5. The van der Waals surface area contributed by atoms with Gasteiger partial charge in [-0.2, -0.15) is 0 Å². The third-order valence-electron chi connectivity index (χ3n) is 4.85. The standard InChI is InChI=1S/C24H26N2O3S/c1-5-18-6-8-19(9-7-18)15(2)25-22(28)14-29-21-12-10-20(11-13-21)24-26-16(3)23(30-24)17(4)27/h6-13,15H,5,14H2,1-4H3,(H,25,28)/t15-/m0/s1. The zero-order chi connectivity index (χ0) is 21.7. The number of nitrogens with zero attached hydrogens (tertiary/aromatic N) is 1. The van der Waals surface area contributed by atoms with Crippen molar-refractivity contribution in [2.24, 2.45) is 0 Å². The molecule has 0 aliphatic heterocycles. The van der Waals surface area contributed by atoms with Gasteiger partial charge in [-0.1, -0.05) is 31.2 Å². The van der Waals surface area contributed by atoms with Gasteiger partial charge in [0.15, 0.2) is 12.4 Å². The smallest absolute Gasteiger partial charge is 0.258 e. The van der Waals surface area contributed by atoms with E-state index < -0.39 is 0 Å². The molecule has 1 amide bonds. The lowest BCUT2D eigenvalue weighted by atomic mass is 10.1. The van der Waals surface area contributed by atoms with Crippen LogP contribution in [-0.4, -0.2) is 23.3 Å². The van der Waals surface area contributed by atoms with Gasteiger partial charge in [0.25, 0.3) is 5.91 Å². The van der Waals surface area contributed by atoms with E-state index in [1.54, 1.807) is 19.1 Å². The Morgan fingerprint density at radius 2 is 1.77 bits per heavy atom. The molecule has 1 aromatic heterocycles. The number of thiazole rings is 1. The fraction of sp³-hybridized carbons (Fsp3) is 0.292. The number of carbonyl (C=O) groups excluding carboxylic acids is 2. The summed E-state index contributed by atoms with van der Waals surface area (Å²) in [5, 5.41) is 3.75. The Morgan fingerprint density at radius 1 is 1.10 bits per heavy atom. The van der Waals surface area contributed by atoms with Gasteiger partial charge in [0, 0.05) is 12.5 Å². The lowest BCUT2D eigenvalue weighted by Crippen LogP contribution is -2.31. The van der Waals surface area contributed by atoms with E-state index in [-0.39, 0.29) is 24.3 Å². The lowest BCUT2D eigenvalue weighted by molar-refractivity contribution is -0.123. The van der Waals surface area contributed by atoms with Crippen LogP contribution in [-0.2, 0) is 11.2 Å². The van der Waals surface area contributed by atoms with Gasteiger partial charge in [-0.05, 0) is 55.7 Å². The quantitative estimate of drug-likeness (QED) is 0.511. The number of aryl methyl sites for hydroxylation is 2. The van der Waals surface area contributed by atoms with Crippen LogP contribution in [0.25, 0.3) is 10.6 Å². The fourth-order valence-electron chi connectivity index (χ4n) is 3.10. The van der Waals surface area contributed by atoms with Gasteiger partial charge in [0.05, 0.1) is 16.6 Å². The van der Waals surface area contributed by atoms with E-state index in [9.17, 15) is 9.59 Å². The number of nitrogens with one attached hydrogen (secondary N) is 1. The van der Waals surface area contributed by atoms with Crippen LogP contribution >= 0.6 is 11.3 Å². The van der Waals surface area contributed by atoms with E-state index >= 15 is 0 Å². The zero-order valence-electron chi connectivity index (χ0n) is 17.7. The van der Waals surface area contributed by atoms with Crippen LogP contribution in [0.4, 0.5) is 0 Å². The maximum atomic E-state index is 12.2. The average Bonchev–Trinajstić information content (AvgIpc) is 3.14. The van der Waals surface area contributed by atoms with E-state index in [1.807, 2.05) is 38.1 Å². The van der Waals surface area contributed by atoms with Crippen molar-refractivity contribution in [2.45, 2.75) is 40.2 Å². The molecule has 0 spiro atoms. The van der Waals surface area contributed by atoms with Crippen LogP contribution in [0.3, 0.4) is 0 Å². The molecule has 30 heavy (non-hydrogen) atoms. The molecule has 5 nitrogen and oxygen atoms in total. The summed E-state index contributed by atoms with van der Waals surface area (Å²) in [6.45, 7) is 7.41. The number of rotatable bonds is 8. The topological polar surface area (TPSA) is 68.3 Å². The van der Waals surface area contributed by atoms with Gasteiger partial charge in [-0.3, -0.25) is 9.59 Å². The minimum atomic E-state index is -0.173. The molecule has 0 unspecified atom stereocenters. The predicted molar refractivity (Wildman–Crippen MR) is 120 cm³/mol. The maximum Gasteiger partial charge on any atom is 0.258 e. The number of carbonyl (C=O) groups is 2. The Kier molecular flexibility index (Phi) is 7.00. The number of Topliss-reactive ketones (excluding diaryl/α,β-unsaturated/α-hetero) is 1. The minimum absolute atomic E-state index is 0.0257. The van der Waals surface area contributed by atoms with Crippen LogP contribution in [0, 0.1) is 6.92 Å². The second-order valence-corrected chi connectivity index (χ2v) is 8.19. The van der Waals surface area contributed by atoms with Crippen molar-refractivity contribution in [1.82, 2.24) is 10.3 Å². The second-order valence-electron chi connectivity index (χ2n) is 7.19. The Bertz CT molecular complexity index is 1020. The Balaban J connectivity index is 1.54. The first-order valence-corrected chi connectivity index (χ1v) is 10.8. The minimum Gasteiger partial charge on any atom is -0.484 e. The molecule has 6 heteroatoms. The highest BCUT2D eigenvalue weighted by molar-refractivity contribution is 7.17. The summed E-state index contributed by atoms with van der Waals surface area (Å²) in [7, 11) is 0. The van der Waals surface area contributed by atoms with Crippen LogP contribution in [0.15, 0.2) is 48.5 Å². The Labute approximate surface area is 181 Å². The predicted octanol–water partition coefficient (Wildman–Crippen LogP) is 5.14. The summed E-state index contributed by atoms with van der Waals surface area (Å²) < 4.78 is 5.62. The molecule has 0 aliphatic rings. The second kappa shape index (κ2) is 9.67. The molecule has 1 atom stereocenters. The number of ketones is 1. The molecular formula is C24H26N2O3S. The van der Waals surface area contributed by atoms with Gasteiger partial charge >= 0.3 is 0 Å². The maximum absolute atomic E-state index is 12.2. The van der Waals surface area contributed by atoms with Gasteiger partial charge in [-0.25, -0.2) is 4.98 Å². The highest BCUT2D eigenvalue weighted by atomic mass is 32.1. The summed E-state index contributed by atoms with van der Waals surface area (Å²) in [6.07, 6.45) is 0.994. The summed E-state index contributed by atoms with van der Waals surface area (Å²) in [5.74, 6) is 0.458. The van der Waals surface area contributed by atoms with E-state index in [0.717, 1.165) is 28.2 Å². The van der Waals surface area contributed by atoms with Gasteiger partial charge in [0.2, 0.25) is 0 Å². The van der Waals surface area contributed by atoms with E-state index in [4.69, 9.17) is 4.74 Å². The van der Waals surface area contributed by atoms with Crippen LogP contribution in [0.5, 0.6) is 5.75 Å².